The number of sulfonamides is 1. The maximum atomic E-state index is 13.6. The van der Waals surface area contributed by atoms with Crippen LogP contribution in [-0.2, 0) is 16.6 Å². The molecule has 4 rings (SSSR count). The average molecular weight is 487 g/mol. The normalized spacial score (nSPS) is 14.5. The standard InChI is InChI=1S/C20H18Cl3N3O3S/c1-11-9-16(22)12(2)19(18(11)23)30(27,28)26(13-7-8-13)10-17-24-25-20(29-17)14-5-3-4-6-15(14)21/h3-6,9,13H,7-8,10H2,1-2H3. The molecule has 0 aliphatic heterocycles. The molecule has 0 radical (unpaired) electrons. The summed E-state index contributed by atoms with van der Waals surface area (Å²) in [5, 5.41) is 9.05. The maximum absolute atomic E-state index is 13.6. The van der Waals surface area contributed by atoms with Crippen LogP contribution in [0.15, 0.2) is 39.6 Å². The van der Waals surface area contributed by atoms with Crippen LogP contribution in [0.3, 0.4) is 0 Å². The van der Waals surface area contributed by atoms with Gasteiger partial charge in [-0.2, -0.15) is 4.31 Å². The number of benzene rings is 2. The van der Waals surface area contributed by atoms with Gasteiger partial charge in [-0.05, 0) is 56.0 Å². The molecule has 6 nitrogen and oxygen atoms in total. The number of hydrogen-bond acceptors (Lipinski definition) is 5. The third kappa shape index (κ3) is 3.97. The number of nitrogens with zero attached hydrogens (tertiary/aromatic N) is 3. The lowest BCUT2D eigenvalue weighted by atomic mass is 10.2. The summed E-state index contributed by atoms with van der Waals surface area (Å²) in [5.74, 6) is 0.407. The Bertz CT molecular complexity index is 1200. The monoisotopic (exact) mass is 485 g/mol. The van der Waals surface area contributed by atoms with Crippen molar-refractivity contribution in [2.45, 2.75) is 44.2 Å². The number of aryl methyl sites for hydroxylation is 1. The van der Waals surface area contributed by atoms with Crippen molar-refractivity contribution in [1.82, 2.24) is 14.5 Å². The van der Waals surface area contributed by atoms with Crippen LogP contribution >= 0.6 is 34.8 Å². The number of halogens is 3. The topological polar surface area (TPSA) is 76.3 Å². The van der Waals surface area contributed by atoms with Gasteiger partial charge in [-0.15, -0.1) is 10.2 Å². The van der Waals surface area contributed by atoms with E-state index >= 15 is 0 Å². The van der Waals surface area contributed by atoms with Gasteiger partial charge in [0.2, 0.25) is 21.8 Å². The zero-order valence-corrected chi connectivity index (χ0v) is 19.3. The molecule has 1 heterocycles. The summed E-state index contributed by atoms with van der Waals surface area (Å²) < 4.78 is 34.2. The summed E-state index contributed by atoms with van der Waals surface area (Å²) in [6, 6.07) is 8.58. The molecule has 0 atom stereocenters. The number of aromatic nitrogens is 2. The largest absolute Gasteiger partial charge is 0.419 e. The molecule has 1 saturated carbocycles. The smallest absolute Gasteiger partial charge is 0.249 e. The summed E-state index contributed by atoms with van der Waals surface area (Å²) in [6.07, 6.45) is 1.50. The molecule has 1 aromatic heterocycles. The minimum absolute atomic E-state index is 0.0203. The van der Waals surface area contributed by atoms with Crippen LogP contribution in [0.5, 0.6) is 0 Å². The van der Waals surface area contributed by atoms with Crippen LogP contribution in [0.2, 0.25) is 15.1 Å². The van der Waals surface area contributed by atoms with Gasteiger partial charge in [-0.1, -0.05) is 46.9 Å². The fraction of sp³-hybridized carbons (Fsp3) is 0.300. The van der Waals surface area contributed by atoms with Crippen LogP contribution in [0, 0.1) is 13.8 Å². The molecule has 3 aromatic rings. The van der Waals surface area contributed by atoms with Crippen molar-refractivity contribution in [3.05, 3.63) is 62.4 Å². The van der Waals surface area contributed by atoms with Gasteiger partial charge in [0.25, 0.3) is 0 Å². The van der Waals surface area contributed by atoms with Crippen molar-refractivity contribution >= 4 is 44.8 Å². The highest BCUT2D eigenvalue weighted by molar-refractivity contribution is 7.89. The van der Waals surface area contributed by atoms with Gasteiger partial charge >= 0.3 is 0 Å². The third-order valence-electron chi connectivity index (χ3n) is 4.97. The van der Waals surface area contributed by atoms with E-state index in [1.807, 2.05) is 0 Å². The minimum Gasteiger partial charge on any atom is -0.419 e. The fourth-order valence-electron chi connectivity index (χ4n) is 3.20. The first-order chi connectivity index (χ1) is 14.2. The molecule has 0 unspecified atom stereocenters. The molecule has 0 bridgehead atoms. The first-order valence-electron chi connectivity index (χ1n) is 9.24. The van der Waals surface area contributed by atoms with Crippen molar-refractivity contribution in [2.24, 2.45) is 0 Å². The summed E-state index contributed by atoms with van der Waals surface area (Å²) in [5.41, 5.74) is 1.60. The Labute approximate surface area is 189 Å². The number of hydrogen-bond donors (Lipinski definition) is 0. The second-order valence-electron chi connectivity index (χ2n) is 7.21. The lowest BCUT2D eigenvalue weighted by molar-refractivity contribution is 0.351. The predicted octanol–water partition coefficient (Wildman–Crippen LogP) is 5.67. The van der Waals surface area contributed by atoms with Gasteiger partial charge in [0.15, 0.2) is 0 Å². The van der Waals surface area contributed by atoms with E-state index < -0.39 is 10.0 Å². The highest BCUT2D eigenvalue weighted by atomic mass is 35.5. The Balaban J connectivity index is 1.71. The van der Waals surface area contributed by atoms with E-state index in [4.69, 9.17) is 39.2 Å². The average Bonchev–Trinajstić information content (AvgIpc) is 3.42. The number of rotatable bonds is 6. The van der Waals surface area contributed by atoms with Crippen molar-refractivity contribution in [3.8, 4) is 11.5 Å². The summed E-state index contributed by atoms with van der Waals surface area (Å²) in [7, 11) is -3.94. The second kappa shape index (κ2) is 8.13. The van der Waals surface area contributed by atoms with E-state index in [0.717, 1.165) is 12.8 Å². The van der Waals surface area contributed by atoms with E-state index in [0.29, 0.717) is 26.7 Å². The molecule has 1 aliphatic rings. The van der Waals surface area contributed by atoms with Gasteiger partial charge < -0.3 is 4.42 Å². The van der Waals surface area contributed by atoms with E-state index in [2.05, 4.69) is 10.2 Å². The SMILES string of the molecule is Cc1cc(Cl)c(C)c(S(=O)(=O)N(Cc2nnc(-c3ccccc3Cl)o2)C2CC2)c1Cl. The molecule has 0 spiro atoms. The molecule has 0 saturated heterocycles. The van der Waals surface area contributed by atoms with E-state index in [1.54, 1.807) is 44.2 Å². The highest BCUT2D eigenvalue weighted by Gasteiger charge is 2.41. The van der Waals surface area contributed by atoms with Crippen LogP contribution < -0.4 is 0 Å². The Morgan fingerprint density at radius 2 is 1.80 bits per heavy atom. The molecule has 158 valence electrons. The molecular weight excluding hydrogens is 469 g/mol. The third-order valence-corrected chi connectivity index (χ3v) is 8.36. The van der Waals surface area contributed by atoms with Gasteiger partial charge in [0, 0.05) is 11.1 Å². The Morgan fingerprint density at radius 1 is 1.10 bits per heavy atom. The van der Waals surface area contributed by atoms with Crippen LogP contribution in [0.25, 0.3) is 11.5 Å². The predicted molar refractivity (Wildman–Crippen MR) is 116 cm³/mol. The van der Waals surface area contributed by atoms with E-state index in [-0.39, 0.29) is 34.3 Å². The Kier molecular flexibility index (Phi) is 5.85. The zero-order valence-electron chi connectivity index (χ0n) is 16.2. The quantitative estimate of drug-likeness (QED) is 0.449. The maximum Gasteiger partial charge on any atom is 0.249 e. The Hall–Kier alpha value is -1.64. The summed E-state index contributed by atoms with van der Waals surface area (Å²) in [6.45, 7) is 3.31. The second-order valence-corrected chi connectivity index (χ2v) is 10.2. The molecule has 1 aliphatic carbocycles. The van der Waals surface area contributed by atoms with Crippen LogP contribution in [-0.4, -0.2) is 29.0 Å². The zero-order chi connectivity index (χ0) is 21.6. The van der Waals surface area contributed by atoms with Crippen molar-refractivity contribution < 1.29 is 12.8 Å². The van der Waals surface area contributed by atoms with E-state index in [9.17, 15) is 8.42 Å². The van der Waals surface area contributed by atoms with Crippen molar-refractivity contribution in [3.63, 3.8) is 0 Å². The van der Waals surface area contributed by atoms with Gasteiger partial charge in [-0.25, -0.2) is 8.42 Å². The van der Waals surface area contributed by atoms with Crippen molar-refractivity contribution in [1.29, 1.82) is 0 Å². The van der Waals surface area contributed by atoms with Crippen molar-refractivity contribution in [2.75, 3.05) is 0 Å². The van der Waals surface area contributed by atoms with Gasteiger partial charge in [0.1, 0.15) is 4.90 Å². The van der Waals surface area contributed by atoms with E-state index in [1.165, 1.54) is 4.31 Å². The molecule has 2 aromatic carbocycles. The minimum atomic E-state index is -3.94. The molecule has 0 N–H and O–H groups in total. The Morgan fingerprint density at radius 3 is 2.47 bits per heavy atom. The van der Waals surface area contributed by atoms with Crippen LogP contribution in [0.1, 0.15) is 29.9 Å². The molecular formula is C20H18Cl3N3O3S. The molecule has 30 heavy (non-hydrogen) atoms. The summed E-state index contributed by atoms with van der Waals surface area (Å²) in [4.78, 5) is 0.0203. The lowest BCUT2D eigenvalue weighted by Crippen LogP contribution is -2.33. The lowest BCUT2D eigenvalue weighted by Gasteiger charge is -2.23. The van der Waals surface area contributed by atoms with Crippen LogP contribution in [0.4, 0.5) is 0 Å². The molecule has 0 amide bonds. The first kappa shape index (κ1) is 21.6. The molecule has 10 heteroatoms. The summed E-state index contributed by atoms with van der Waals surface area (Å²) >= 11 is 18.8. The van der Waals surface area contributed by atoms with Gasteiger partial charge in [-0.3, -0.25) is 0 Å². The fourth-order valence-corrected chi connectivity index (χ4v) is 6.23. The highest BCUT2D eigenvalue weighted by Crippen LogP contribution is 2.40. The van der Waals surface area contributed by atoms with Gasteiger partial charge in [0.05, 0.1) is 22.2 Å². The molecule has 1 fully saturated rings. The first-order valence-corrected chi connectivity index (χ1v) is 11.8.